The van der Waals surface area contributed by atoms with Crippen LogP contribution < -0.4 is 4.74 Å². The molecule has 4 rings (SSSR count). The minimum Gasteiger partial charge on any atom is -0.507 e. The van der Waals surface area contributed by atoms with E-state index < -0.39 is 17.7 Å². The van der Waals surface area contributed by atoms with E-state index in [9.17, 15) is 14.7 Å². The van der Waals surface area contributed by atoms with Crippen molar-refractivity contribution in [3.05, 3.63) is 70.8 Å². The van der Waals surface area contributed by atoms with Crippen LogP contribution in [-0.4, -0.2) is 34.3 Å². The number of amides is 1. The first kappa shape index (κ1) is 23.1. The van der Waals surface area contributed by atoms with Gasteiger partial charge >= 0.3 is 0 Å². The Morgan fingerprint density at radius 1 is 1.06 bits per heavy atom. The van der Waals surface area contributed by atoms with Gasteiger partial charge in [0, 0.05) is 11.6 Å². The van der Waals surface area contributed by atoms with Crippen molar-refractivity contribution in [2.45, 2.75) is 65.0 Å². The number of ether oxygens (including phenoxy) is 1. The second-order valence-electron chi connectivity index (χ2n) is 9.64. The molecule has 1 heterocycles. The second kappa shape index (κ2) is 9.82. The van der Waals surface area contributed by atoms with E-state index >= 15 is 0 Å². The molecule has 2 fully saturated rings. The molecule has 0 aromatic heterocycles. The molecule has 0 radical (unpaired) electrons. The van der Waals surface area contributed by atoms with E-state index in [1.807, 2.05) is 31.2 Å². The molecule has 5 heteroatoms. The van der Waals surface area contributed by atoms with Crippen molar-refractivity contribution in [1.29, 1.82) is 0 Å². The highest BCUT2D eigenvalue weighted by atomic mass is 16.5. The summed E-state index contributed by atoms with van der Waals surface area (Å²) in [6, 6.07) is 14.4. The van der Waals surface area contributed by atoms with Crippen LogP contribution >= 0.6 is 0 Å². The first-order chi connectivity index (χ1) is 15.9. The van der Waals surface area contributed by atoms with E-state index in [2.05, 4.69) is 13.8 Å². The van der Waals surface area contributed by atoms with Gasteiger partial charge in [-0.15, -0.1) is 0 Å². The molecule has 5 nitrogen and oxygen atoms in total. The van der Waals surface area contributed by atoms with Crippen LogP contribution in [0.15, 0.2) is 54.1 Å². The first-order valence-corrected chi connectivity index (χ1v) is 12.0. The van der Waals surface area contributed by atoms with Crippen molar-refractivity contribution < 1.29 is 19.4 Å². The van der Waals surface area contributed by atoms with Gasteiger partial charge in [0.05, 0.1) is 18.2 Å². The van der Waals surface area contributed by atoms with Crippen molar-refractivity contribution in [3.8, 4) is 5.75 Å². The molecule has 1 aliphatic carbocycles. The Bertz CT molecular complexity index is 1050. The van der Waals surface area contributed by atoms with Gasteiger partial charge in [0.25, 0.3) is 11.7 Å². The largest absolute Gasteiger partial charge is 0.507 e. The maximum atomic E-state index is 13.3. The third-order valence-corrected chi connectivity index (χ3v) is 6.52. The second-order valence-corrected chi connectivity index (χ2v) is 9.64. The van der Waals surface area contributed by atoms with Crippen molar-refractivity contribution >= 4 is 17.4 Å². The molecule has 2 aromatic rings. The Morgan fingerprint density at radius 3 is 2.39 bits per heavy atom. The summed E-state index contributed by atoms with van der Waals surface area (Å²) >= 11 is 0. The predicted octanol–water partition coefficient (Wildman–Crippen LogP) is 5.78. The van der Waals surface area contributed by atoms with Crippen molar-refractivity contribution in [1.82, 2.24) is 4.90 Å². The number of rotatable bonds is 6. The lowest BCUT2D eigenvalue weighted by Crippen LogP contribution is -2.40. The van der Waals surface area contributed by atoms with Crippen LogP contribution in [-0.2, 0) is 9.59 Å². The fraction of sp³-hybridized carbons (Fsp3) is 0.429. The molecule has 33 heavy (non-hydrogen) atoms. The summed E-state index contributed by atoms with van der Waals surface area (Å²) in [4.78, 5) is 28.2. The minimum atomic E-state index is -0.607. The Balaban J connectivity index is 1.76. The Hall–Kier alpha value is -3.08. The fourth-order valence-corrected chi connectivity index (χ4v) is 4.88. The smallest absolute Gasteiger partial charge is 0.295 e. The molecule has 1 saturated carbocycles. The average molecular weight is 448 g/mol. The van der Waals surface area contributed by atoms with Gasteiger partial charge in [0.2, 0.25) is 0 Å². The molecule has 1 aliphatic heterocycles. The van der Waals surface area contributed by atoms with Crippen molar-refractivity contribution in [3.63, 3.8) is 0 Å². The quantitative estimate of drug-likeness (QED) is 0.346. The lowest BCUT2D eigenvalue weighted by atomic mass is 9.90. The number of likely N-dealkylation sites (tertiary alicyclic amines) is 1. The number of carbonyl (C=O) groups excluding carboxylic acids is 2. The summed E-state index contributed by atoms with van der Waals surface area (Å²) in [5.41, 5.74) is 2.59. The summed E-state index contributed by atoms with van der Waals surface area (Å²) in [5, 5.41) is 11.3. The van der Waals surface area contributed by atoms with Gasteiger partial charge in [-0.2, -0.15) is 0 Å². The van der Waals surface area contributed by atoms with Gasteiger partial charge in [-0.25, -0.2) is 0 Å². The van der Waals surface area contributed by atoms with Crippen LogP contribution in [0.1, 0.15) is 68.7 Å². The van der Waals surface area contributed by atoms with Crippen LogP contribution in [0.2, 0.25) is 0 Å². The number of Topliss-reactive ketones (excluding diaryl/α,β-unsaturated/α-hetero) is 1. The maximum Gasteiger partial charge on any atom is 0.295 e. The fourth-order valence-electron chi connectivity index (χ4n) is 4.88. The monoisotopic (exact) mass is 447 g/mol. The lowest BCUT2D eigenvalue weighted by Gasteiger charge is -2.35. The van der Waals surface area contributed by atoms with Gasteiger partial charge in [-0.1, -0.05) is 62.9 Å². The Labute approximate surface area is 196 Å². The normalized spacial score (nSPS) is 21.1. The van der Waals surface area contributed by atoms with E-state index in [1.165, 1.54) is 0 Å². The van der Waals surface area contributed by atoms with Crippen LogP contribution in [0.3, 0.4) is 0 Å². The number of aliphatic hydroxyl groups excluding tert-OH is 1. The molecule has 174 valence electrons. The number of hydrogen-bond donors (Lipinski definition) is 1. The zero-order valence-corrected chi connectivity index (χ0v) is 19.7. The zero-order valence-electron chi connectivity index (χ0n) is 19.7. The summed E-state index contributed by atoms with van der Waals surface area (Å²) in [7, 11) is 0. The first-order valence-electron chi connectivity index (χ1n) is 12.0. The SMILES string of the molecule is Cc1cccc(C2/C(=C(/O)c3ccc(OCC(C)C)cc3)C(=O)C(=O)N2C2CCCCC2)c1. The van der Waals surface area contributed by atoms with Gasteiger partial charge in [-0.3, -0.25) is 9.59 Å². The molecule has 1 saturated heterocycles. The standard InChI is InChI=1S/C28H33NO4/c1-18(2)17-33-23-14-12-20(13-15-23)26(30)24-25(21-9-7-8-19(3)16-21)29(28(32)27(24)31)22-10-5-4-6-11-22/h7-9,12-16,18,22,25,30H,4-6,10-11,17H2,1-3H3/b26-24-. The molecule has 1 amide bonds. The molecule has 1 N–H and O–H groups in total. The molecular formula is C28H33NO4. The van der Waals surface area contributed by atoms with Crippen LogP contribution in [0.4, 0.5) is 0 Å². The highest BCUT2D eigenvalue weighted by Crippen LogP contribution is 2.43. The molecular weight excluding hydrogens is 414 g/mol. The predicted molar refractivity (Wildman–Crippen MR) is 129 cm³/mol. The topological polar surface area (TPSA) is 66.8 Å². The molecule has 2 aromatic carbocycles. The highest BCUT2D eigenvalue weighted by Gasteiger charge is 2.48. The molecule has 0 bridgehead atoms. The number of aryl methyl sites for hydroxylation is 1. The molecule has 0 spiro atoms. The van der Waals surface area contributed by atoms with Gasteiger partial charge in [0.15, 0.2) is 0 Å². The van der Waals surface area contributed by atoms with E-state index in [1.54, 1.807) is 29.2 Å². The van der Waals surface area contributed by atoms with Crippen LogP contribution in [0.25, 0.3) is 5.76 Å². The van der Waals surface area contributed by atoms with E-state index in [0.717, 1.165) is 43.2 Å². The summed E-state index contributed by atoms with van der Waals surface area (Å²) < 4.78 is 5.74. The third kappa shape index (κ3) is 4.82. The number of ketones is 1. The van der Waals surface area contributed by atoms with Gasteiger partial charge < -0.3 is 14.7 Å². The number of aliphatic hydroxyl groups is 1. The summed E-state index contributed by atoms with van der Waals surface area (Å²) in [6.45, 7) is 6.75. The molecule has 2 aliphatic rings. The number of benzene rings is 2. The van der Waals surface area contributed by atoms with Gasteiger partial charge in [0.1, 0.15) is 11.5 Å². The van der Waals surface area contributed by atoms with Gasteiger partial charge in [-0.05, 0) is 55.5 Å². The van der Waals surface area contributed by atoms with Crippen LogP contribution in [0.5, 0.6) is 5.75 Å². The lowest BCUT2D eigenvalue weighted by molar-refractivity contribution is -0.141. The third-order valence-electron chi connectivity index (χ3n) is 6.52. The van der Waals surface area contributed by atoms with E-state index in [0.29, 0.717) is 23.8 Å². The van der Waals surface area contributed by atoms with Crippen molar-refractivity contribution in [2.24, 2.45) is 5.92 Å². The highest BCUT2D eigenvalue weighted by molar-refractivity contribution is 6.46. The summed E-state index contributed by atoms with van der Waals surface area (Å²) in [5.74, 6) is -0.133. The van der Waals surface area contributed by atoms with Crippen LogP contribution in [0, 0.1) is 12.8 Å². The minimum absolute atomic E-state index is 0.0119. The summed E-state index contributed by atoms with van der Waals surface area (Å²) in [6.07, 6.45) is 5.02. The zero-order chi connectivity index (χ0) is 23.5. The number of nitrogens with zero attached hydrogens (tertiary/aromatic N) is 1. The molecule has 1 unspecified atom stereocenters. The van der Waals surface area contributed by atoms with E-state index in [4.69, 9.17) is 4.74 Å². The van der Waals surface area contributed by atoms with Crippen molar-refractivity contribution in [2.75, 3.05) is 6.61 Å². The Kier molecular flexibility index (Phi) is 6.87. The maximum absolute atomic E-state index is 13.3. The molecule has 1 atom stereocenters. The van der Waals surface area contributed by atoms with E-state index in [-0.39, 0.29) is 17.4 Å². The number of hydrogen-bond acceptors (Lipinski definition) is 4. The number of carbonyl (C=O) groups is 2. The average Bonchev–Trinajstić information content (AvgIpc) is 3.08. The Morgan fingerprint density at radius 2 is 1.76 bits per heavy atom.